The summed E-state index contributed by atoms with van der Waals surface area (Å²) in [5, 5.41) is 63.1. The van der Waals surface area contributed by atoms with Gasteiger partial charge in [-0.15, -0.1) is 11.3 Å². The van der Waals surface area contributed by atoms with Crippen LogP contribution in [0.3, 0.4) is 0 Å². The van der Waals surface area contributed by atoms with E-state index in [1.54, 1.807) is 47.6 Å². The maximum Gasteiger partial charge on any atom is 0.312 e. The van der Waals surface area contributed by atoms with E-state index < -0.39 is 100 Å². The minimum atomic E-state index is -1.87. The standard InChI is InChI=1S/C55H79ClIN3O14S/c1-28-25-53(7,66)48(30(3)44(72-42-26-54(8,68-12)47(63)33(6)70-42)31(4)50(65)74-52(57)55(9,67)46(62)32(5)60(11)27-28)73-51-43(61)38(22-29(2)69-51)59(10)21-15-20-58-49(64)41-24-36-35-16-13-14-17-39(35)71-40-19-18-34(56)23-37(40)45(36)75-41/h13-14,16-19,23-24,28-33,38,42-44,46-48,51-52,61-63,66-67H,15,20-22,25-27H2,1-12H3,(H,58,64)/t28-,29-,30+,31-,32-,33+,38+,42+,43-,44+,46-,47+,48-,51+,52+,53-,54-,55+/m1/s1. The molecule has 1 amide bonds. The average molecular weight is 1200 g/mol. The van der Waals surface area contributed by atoms with Crippen LogP contribution in [0.5, 0.6) is 11.5 Å². The lowest BCUT2D eigenvalue weighted by Crippen LogP contribution is -2.60. The Bertz CT molecular complexity index is 2450. The molecule has 0 radical (unpaired) electrons. The predicted octanol–water partition coefficient (Wildman–Crippen LogP) is 7.23. The van der Waals surface area contributed by atoms with E-state index in [0.29, 0.717) is 53.9 Å². The molecule has 3 aromatic rings. The van der Waals surface area contributed by atoms with Crippen molar-refractivity contribution in [2.45, 2.75) is 176 Å². The number of alkyl halides is 1. The number of nitrogens with one attached hydrogen (secondary N) is 1. The molecule has 0 bridgehead atoms. The number of nitrogens with zero attached hydrogens (tertiary/aromatic N) is 2. The fraction of sp³-hybridized carbons (Fsp3) is 0.673. The molecule has 3 saturated heterocycles. The molecule has 5 heterocycles. The van der Waals surface area contributed by atoms with Crippen LogP contribution in [0.25, 0.3) is 21.6 Å². The molecule has 75 heavy (non-hydrogen) atoms. The molecule has 3 fully saturated rings. The quantitative estimate of drug-likeness (QED) is 0.0378. The van der Waals surface area contributed by atoms with Crippen molar-refractivity contribution in [3.63, 3.8) is 0 Å². The maximum absolute atomic E-state index is 14.4. The van der Waals surface area contributed by atoms with Gasteiger partial charge in [-0.2, -0.15) is 0 Å². The van der Waals surface area contributed by atoms with E-state index >= 15 is 0 Å². The highest BCUT2D eigenvalue weighted by molar-refractivity contribution is 14.1. The fourth-order valence-electron chi connectivity index (χ4n) is 11.4. The van der Waals surface area contributed by atoms with Gasteiger partial charge in [0.25, 0.3) is 5.91 Å². The van der Waals surface area contributed by atoms with Gasteiger partial charge in [0.1, 0.15) is 35.4 Å². The van der Waals surface area contributed by atoms with Crippen LogP contribution >= 0.6 is 45.5 Å². The van der Waals surface area contributed by atoms with Crippen LogP contribution in [0.4, 0.5) is 0 Å². The van der Waals surface area contributed by atoms with Crippen LogP contribution in [0.1, 0.15) is 97.7 Å². The highest BCUT2D eigenvalue weighted by Crippen LogP contribution is 2.51. The molecular weight excluding hydrogens is 1120 g/mol. The minimum Gasteiger partial charge on any atom is -0.456 e. The van der Waals surface area contributed by atoms with Gasteiger partial charge in [-0.3, -0.25) is 9.59 Å². The van der Waals surface area contributed by atoms with Crippen molar-refractivity contribution in [2.75, 3.05) is 40.8 Å². The van der Waals surface area contributed by atoms with Gasteiger partial charge < -0.3 is 73.8 Å². The number of likely N-dealkylation sites (N-methyl/N-ethyl adjacent to an activating group) is 2. The molecule has 418 valence electrons. The first-order valence-corrected chi connectivity index (χ1v) is 28.5. The van der Waals surface area contributed by atoms with Crippen molar-refractivity contribution in [1.82, 2.24) is 15.1 Å². The molecule has 0 saturated carbocycles. The van der Waals surface area contributed by atoms with E-state index in [1.807, 2.05) is 103 Å². The molecule has 0 unspecified atom stereocenters. The topological polar surface area (TPSA) is 218 Å². The number of aliphatic hydroxyl groups is 5. The number of esters is 1. The summed E-state index contributed by atoms with van der Waals surface area (Å²) in [4.78, 5) is 33.5. The summed E-state index contributed by atoms with van der Waals surface area (Å²) in [6.45, 7) is 16.9. The van der Waals surface area contributed by atoms with Crippen LogP contribution in [0.15, 0.2) is 48.5 Å². The van der Waals surface area contributed by atoms with Gasteiger partial charge in [0, 0.05) is 71.2 Å². The molecule has 20 heteroatoms. The number of aliphatic hydroxyl groups excluding tert-OH is 3. The van der Waals surface area contributed by atoms with Gasteiger partial charge in [-0.05, 0) is 147 Å². The summed E-state index contributed by atoms with van der Waals surface area (Å²) in [6.07, 6.45) is -7.85. The van der Waals surface area contributed by atoms with Crippen LogP contribution in [-0.2, 0) is 33.2 Å². The molecule has 17 nitrogen and oxygen atoms in total. The first-order valence-electron chi connectivity index (χ1n) is 26.1. The summed E-state index contributed by atoms with van der Waals surface area (Å²) < 4.78 is 43.2. The Kier molecular flexibility index (Phi) is 19.6. The normalized spacial score (nSPS) is 38.2. The van der Waals surface area contributed by atoms with E-state index in [1.165, 1.54) is 25.4 Å². The molecule has 6 N–H and O–H groups in total. The summed E-state index contributed by atoms with van der Waals surface area (Å²) in [5.41, 5.74) is -2.01. The van der Waals surface area contributed by atoms with Crippen molar-refractivity contribution in [3.05, 3.63) is 58.4 Å². The van der Waals surface area contributed by atoms with Gasteiger partial charge in [0.15, 0.2) is 16.7 Å². The van der Waals surface area contributed by atoms with E-state index in [-0.39, 0.29) is 30.8 Å². The summed E-state index contributed by atoms with van der Waals surface area (Å²) in [5.74, 6) is -1.74. The number of fused-ring (bicyclic) bond motifs is 5. The first kappa shape index (κ1) is 60.1. The maximum atomic E-state index is 14.4. The van der Waals surface area contributed by atoms with Crippen molar-refractivity contribution < 1.29 is 68.3 Å². The lowest BCUT2D eigenvalue weighted by molar-refractivity contribution is -0.318. The van der Waals surface area contributed by atoms with Crippen LogP contribution < -0.4 is 10.1 Å². The Hall–Kier alpha value is -2.58. The van der Waals surface area contributed by atoms with E-state index in [2.05, 4.69) is 5.32 Å². The monoisotopic (exact) mass is 1200 g/mol. The van der Waals surface area contributed by atoms with Gasteiger partial charge in [-0.25, -0.2) is 0 Å². The molecule has 2 aromatic carbocycles. The third-order valence-corrected chi connectivity index (χ3v) is 18.9. The molecule has 7 rings (SSSR count). The van der Waals surface area contributed by atoms with Gasteiger partial charge in [0.05, 0.1) is 46.4 Å². The third-order valence-electron chi connectivity index (χ3n) is 16.0. The lowest BCUT2D eigenvalue weighted by atomic mass is 9.77. The molecule has 4 aliphatic heterocycles. The summed E-state index contributed by atoms with van der Waals surface area (Å²) in [6, 6.07) is 14.1. The lowest BCUT2D eigenvalue weighted by Gasteiger charge is -2.49. The second-order valence-corrected chi connectivity index (χ2v) is 24.9. The average Bonchev–Trinajstić information content (AvgIpc) is 3.76. The Morgan fingerprint density at radius 2 is 1.64 bits per heavy atom. The Labute approximate surface area is 464 Å². The zero-order valence-corrected chi connectivity index (χ0v) is 48.9. The van der Waals surface area contributed by atoms with Crippen molar-refractivity contribution in [3.8, 4) is 33.1 Å². The van der Waals surface area contributed by atoms with E-state index in [9.17, 15) is 35.1 Å². The van der Waals surface area contributed by atoms with E-state index in [4.69, 9.17) is 44.8 Å². The third kappa shape index (κ3) is 13.2. The van der Waals surface area contributed by atoms with Crippen molar-refractivity contribution in [2.24, 2.45) is 17.8 Å². The summed E-state index contributed by atoms with van der Waals surface area (Å²) in [7, 11) is 5.23. The number of para-hydroxylation sites is 1. The van der Waals surface area contributed by atoms with Crippen LogP contribution in [0.2, 0.25) is 5.02 Å². The number of methoxy groups -OCH3 is 1. The number of thiophene rings is 1. The molecule has 0 spiro atoms. The smallest absolute Gasteiger partial charge is 0.312 e. The number of rotatable bonds is 11. The minimum absolute atomic E-state index is 0.0874. The highest BCUT2D eigenvalue weighted by atomic mass is 127. The van der Waals surface area contributed by atoms with Crippen molar-refractivity contribution >= 4 is 57.4 Å². The second kappa shape index (κ2) is 24.4. The number of amides is 1. The van der Waals surface area contributed by atoms with Gasteiger partial charge >= 0.3 is 5.97 Å². The predicted molar refractivity (Wildman–Crippen MR) is 294 cm³/mol. The number of carbonyl (C=O) groups excluding carboxylic acids is 2. The number of benzene rings is 2. The van der Waals surface area contributed by atoms with E-state index in [0.717, 1.165) is 21.6 Å². The SMILES string of the molecule is CO[C@]1(C)C[C@H](O[C@H]2[C@H](C)[C@@H](O[C@@H]3O[C@H](C)C[C@H](N(C)CCCNC(=O)c4cc5c(s4)-c4cc(Cl)ccc4Oc4ccccc4-5)[C@H]3O)[C@](C)(O)C[C@@H](C)CN(C)[C@H](C)[C@@H](O)[C@](C)(O)[C@@H](I)OC(=O)[C@@H]2C)O[C@@H](C)[C@@H]1O. The molecule has 1 aromatic heterocycles. The molecule has 18 atom stereocenters. The fourth-order valence-corrected chi connectivity index (χ4v) is 13.3. The van der Waals surface area contributed by atoms with Crippen molar-refractivity contribution in [1.29, 1.82) is 0 Å². The van der Waals surface area contributed by atoms with Gasteiger partial charge in [0.2, 0.25) is 0 Å². The molecule has 4 aliphatic rings. The highest BCUT2D eigenvalue weighted by Gasteiger charge is 2.53. The van der Waals surface area contributed by atoms with Gasteiger partial charge in [-0.1, -0.05) is 43.6 Å². The summed E-state index contributed by atoms with van der Waals surface area (Å²) >= 11 is 9.65. The zero-order valence-electron chi connectivity index (χ0n) is 45.2. The number of ether oxygens (including phenoxy) is 7. The largest absolute Gasteiger partial charge is 0.456 e. The second-order valence-electron chi connectivity index (χ2n) is 22.3. The Balaban J connectivity index is 1.10. The Morgan fingerprint density at radius 3 is 2.35 bits per heavy atom. The first-order chi connectivity index (χ1) is 35.2. The van der Waals surface area contributed by atoms with Crippen LogP contribution in [-0.4, -0.2) is 176 Å². The number of carbonyl (C=O) groups is 2. The zero-order chi connectivity index (χ0) is 55.1. The number of hydrogen-bond donors (Lipinski definition) is 6. The molecular formula is C55H79ClIN3O14S. The van der Waals surface area contributed by atoms with Crippen LogP contribution in [0, 0.1) is 17.8 Å². The number of cyclic esters (lactones) is 1. The number of hydrogen-bond acceptors (Lipinski definition) is 17. The Morgan fingerprint density at radius 1 is 0.947 bits per heavy atom. The number of halogens is 2. The molecule has 0 aliphatic carbocycles.